The number of carbonyl (C=O) groups is 1. The monoisotopic (exact) mass is 389 g/mol. The maximum atomic E-state index is 13.5. The summed E-state index contributed by atoms with van der Waals surface area (Å²) >= 11 is 6.03. The highest BCUT2D eigenvalue weighted by Gasteiger charge is 2.46. The molecular formula is C20H21ClFN3O2. The number of nitrogens with zero attached hydrogens (tertiary/aromatic N) is 3. The Kier molecular flexibility index (Phi) is 5.00. The van der Waals surface area contributed by atoms with E-state index < -0.39 is 11.2 Å². The molecule has 1 aromatic heterocycles. The zero-order chi connectivity index (χ0) is 18.9. The smallest absolute Gasteiger partial charge is 0.316 e. The number of likely N-dealkylation sites (tertiary alicyclic amines) is 1. The molecule has 1 aliphatic heterocycles. The fourth-order valence-corrected chi connectivity index (χ4v) is 4.32. The van der Waals surface area contributed by atoms with Gasteiger partial charge in [-0.15, -0.1) is 0 Å². The van der Waals surface area contributed by atoms with Crippen LogP contribution in [0.5, 0.6) is 6.01 Å². The zero-order valence-electron chi connectivity index (χ0n) is 14.9. The van der Waals surface area contributed by atoms with Gasteiger partial charge in [0.15, 0.2) is 5.82 Å². The van der Waals surface area contributed by atoms with Gasteiger partial charge in [-0.25, -0.2) is 14.4 Å². The fourth-order valence-electron chi connectivity index (χ4n) is 4.20. The fraction of sp³-hybridized carbons (Fsp3) is 0.450. The van der Waals surface area contributed by atoms with Crippen LogP contribution in [-0.2, 0) is 10.2 Å². The van der Waals surface area contributed by atoms with Gasteiger partial charge < -0.3 is 9.64 Å². The van der Waals surface area contributed by atoms with Crippen molar-refractivity contribution in [2.75, 3.05) is 13.1 Å². The van der Waals surface area contributed by atoms with Gasteiger partial charge in [-0.3, -0.25) is 4.79 Å². The molecule has 142 valence electrons. The van der Waals surface area contributed by atoms with Crippen LogP contribution in [0.1, 0.15) is 37.7 Å². The lowest BCUT2D eigenvalue weighted by Gasteiger charge is -2.33. The second-order valence-electron chi connectivity index (χ2n) is 7.26. The van der Waals surface area contributed by atoms with Crippen molar-refractivity contribution in [3.8, 4) is 6.01 Å². The Balaban J connectivity index is 1.48. The number of carbonyl (C=O) groups excluding carboxylic acids is 1. The second kappa shape index (κ2) is 7.43. The third kappa shape index (κ3) is 3.63. The van der Waals surface area contributed by atoms with Gasteiger partial charge >= 0.3 is 6.01 Å². The van der Waals surface area contributed by atoms with Crippen molar-refractivity contribution in [1.82, 2.24) is 14.9 Å². The summed E-state index contributed by atoms with van der Waals surface area (Å²) < 4.78 is 18.7. The molecule has 0 N–H and O–H groups in total. The van der Waals surface area contributed by atoms with Crippen LogP contribution in [0, 0.1) is 5.82 Å². The van der Waals surface area contributed by atoms with Crippen LogP contribution >= 0.6 is 11.6 Å². The molecule has 0 bridgehead atoms. The first-order valence-electron chi connectivity index (χ1n) is 9.26. The van der Waals surface area contributed by atoms with Crippen molar-refractivity contribution < 1.29 is 13.9 Å². The average Bonchev–Trinajstić information content (AvgIpc) is 3.34. The van der Waals surface area contributed by atoms with Crippen molar-refractivity contribution >= 4 is 17.5 Å². The van der Waals surface area contributed by atoms with E-state index in [1.54, 1.807) is 0 Å². The van der Waals surface area contributed by atoms with E-state index >= 15 is 0 Å². The summed E-state index contributed by atoms with van der Waals surface area (Å²) in [4.78, 5) is 23.0. The van der Waals surface area contributed by atoms with E-state index in [4.69, 9.17) is 16.3 Å². The van der Waals surface area contributed by atoms with E-state index in [-0.39, 0.29) is 18.0 Å². The highest BCUT2D eigenvalue weighted by molar-refractivity contribution is 6.30. The van der Waals surface area contributed by atoms with Crippen LogP contribution in [-0.4, -0.2) is 40.0 Å². The second-order valence-corrected chi connectivity index (χ2v) is 7.70. The highest BCUT2D eigenvalue weighted by atomic mass is 35.5. The molecule has 1 amide bonds. The SMILES string of the molecule is O=C(N1CCC(Oc2ncc(F)cn2)C1)C1(c2ccc(Cl)cc2)CCCC1. The third-order valence-corrected chi connectivity index (χ3v) is 5.82. The molecule has 2 fully saturated rings. The van der Waals surface area contributed by atoms with Gasteiger partial charge in [0, 0.05) is 18.0 Å². The molecule has 2 heterocycles. The van der Waals surface area contributed by atoms with E-state index in [2.05, 4.69) is 9.97 Å². The maximum absolute atomic E-state index is 13.5. The third-order valence-electron chi connectivity index (χ3n) is 5.56. The first-order valence-corrected chi connectivity index (χ1v) is 9.64. The van der Waals surface area contributed by atoms with E-state index in [1.165, 1.54) is 0 Å². The molecule has 1 saturated carbocycles. The van der Waals surface area contributed by atoms with E-state index in [0.717, 1.165) is 43.6 Å². The number of ether oxygens (including phenoxy) is 1. The molecule has 27 heavy (non-hydrogen) atoms. The Morgan fingerprint density at radius 3 is 2.52 bits per heavy atom. The first-order chi connectivity index (χ1) is 13.1. The largest absolute Gasteiger partial charge is 0.458 e. The number of amides is 1. The van der Waals surface area contributed by atoms with Crippen LogP contribution in [0.2, 0.25) is 5.02 Å². The summed E-state index contributed by atoms with van der Waals surface area (Å²) in [5.41, 5.74) is 0.576. The molecule has 1 atom stereocenters. The molecule has 1 saturated heterocycles. The van der Waals surface area contributed by atoms with Crippen molar-refractivity contribution in [3.63, 3.8) is 0 Å². The topological polar surface area (TPSA) is 55.3 Å². The quantitative estimate of drug-likeness (QED) is 0.798. The molecule has 1 unspecified atom stereocenters. The molecule has 2 aromatic rings. The van der Waals surface area contributed by atoms with Gasteiger partial charge in [-0.05, 0) is 30.5 Å². The minimum absolute atomic E-state index is 0.143. The van der Waals surface area contributed by atoms with Gasteiger partial charge in [-0.1, -0.05) is 36.6 Å². The predicted octanol–water partition coefficient (Wildman–Crippen LogP) is 3.76. The number of aromatic nitrogens is 2. The molecular weight excluding hydrogens is 369 g/mol. The van der Waals surface area contributed by atoms with Gasteiger partial charge in [0.05, 0.1) is 24.4 Å². The van der Waals surface area contributed by atoms with Gasteiger partial charge in [-0.2, -0.15) is 0 Å². The van der Waals surface area contributed by atoms with Crippen molar-refractivity contribution in [2.45, 2.75) is 43.6 Å². The minimum Gasteiger partial charge on any atom is -0.458 e. The average molecular weight is 390 g/mol. The van der Waals surface area contributed by atoms with Crippen LogP contribution in [0.25, 0.3) is 0 Å². The molecule has 5 nitrogen and oxygen atoms in total. The molecule has 0 spiro atoms. The van der Waals surface area contributed by atoms with E-state index in [0.29, 0.717) is 24.5 Å². The maximum Gasteiger partial charge on any atom is 0.316 e. The van der Waals surface area contributed by atoms with Crippen molar-refractivity contribution in [3.05, 3.63) is 53.1 Å². The summed E-state index contributed by atoms with van der Waals surface area (Å²) in [6.45, 7) is 1.13. The highest BCUT2D eigenvalue weighted by Crippen LogP contribution is 2.43. The molecule has 2 aliphatic rings. The standard InChI is InChI=1S/C20H21ClFN3O2/c21-15-5-3-14(4-6-15)20(8-1-2-9-20)18(26)25-10-7-17(13-25)27-19-23-11-16(22)12-24-19/h3-6,11-12,17H,1-2,7-10,13H2. The number of hydrogen-bond acceptors (Lipinski definition) is 4. The van der Waals surface area contributed by atoms with Crippen LogP contribution in [0.4, 0.5) is 4.39 Å². The molecule has 7 heteroatoms. The number of hydrogen-bond donors (Lipinski definition) is 0. The Labute approximate surface area is 162 Å². The Morgan fingerprint density at radius 2 is 1.85 bits per heavy atom. The normalized spacial score (nSPS) is 21.4. The van der Waals surface area contributed by atoms with Gasteiger partial charge in [0.2, 0.25) is 5.91 Å². The predicted molar refractivity (Wildman–Crippen MR) is 99.2 cm³/mol. The Morgan fingerprint density at radius 1 is 1.19 bits per heavy atom. The van der Waals surface area contributed by atoms with Crippen LogP contribution < -0.4 is 4.74 Å². The summed E-state index contributed by atoms with van der Waals surface area (Å²) in [5, 5.41) is 0.674. The summed E-state index contributed by atoms with van der Waals surface area (Å²) in [7, 11) is 0. The Bertz CT molecular complexity index is 807. The lowest BCUT2D eigenvalue weighted by molar-refractivity contribution is -0.136. The van der Waals surface area contributed by atoms with Gasteiger partial charge in [0.1, 0.15) is 6.10 Å². The molecule has 1 aliphatic carbocycles. The Hall–Kier alpha value is -2.21. The summed E-state index contributed by atoms with van der Waals surface area (Å²) in [5.74, 6) is -0.342. The number of rotatable bonds is 4. The van der Waals surface area contributed by atoms with Crippen molar-refractivity contribution in [1.29, 1.82) is 0 Å². The lowest BCUT2D eigenvalue weighted by atomic mass is 9.77. The summed E-state index contributed by atoms with van der Waals surface area (Å²) in [6.07, 6.45) is 6.50. The summed E-state index contributed by atoms with van der Waals surface area (Å²) in [6, 6.07) is 7.80. The zero-order valence-corrected chi connectivity index (χ0v) is 15.7. The lowest BCUT2D eigenvalue weighted by Crippen LogP contribution is -2.45. The van der Waals surface area contributed by atoms with E-state index in [9.17, 15) is 9.18 Å². The van der Waals surface area contributed by atoms with Gasteiger partial charge in [0.25, 0.3) is 0 Å². The van der Waals surface area contributed by atoms with Crippen LogP contribution in [0.15, 0.2) is 36.7 Å². The first kappa shape index (κ1) is 18.2. The molecule has 0 radical (unpaired) electrons. The molecule has 4 rings (SSSR count). The van der Waals surface area contributed by atoms with Crippen molar-refractivity contribution in [2.24, 2.45) is 0 Å². The van der Waals surface area contributed by atoms with Crippen LogP contribution in [0.3, 0.4) is 0 Å². The number of benzene rings is 1. The number of halogens is 2. The van der Waals surface area contributed by atoms with E-state index in [1.807, 2.05) is 29.2 Å². The minimum atomic E-state index is -0.503. The molecule has 1 aromatic carbocycles.